The lowest BCUT2D eigenvalue weighted by molar-refractivity contribution is 0.562. The first kappa shape index (κ1) is 20.4. The van der Waals surface area contributed by atoms with Crippen molar-refractivity contribution in [2.75, 3.05) is 13.1 Å². The van der Waals surface area contributed by atoms with Crippen LogP contribution in [0.1, 0.15) is 24.3 Å². The highest BCUT2D eigenvalue weighted by Crippen LogP contribution is 2.14. The fourth-order valence-corrected chi connectivity index (χ4v) is 3.80. The van der Waals surface area contributed by atoms with Crippen LogP contribution in [0.3, 0.4) is 0 Å². The molecule has 1 atom stereocenters. The Morgan fingerprint density at radius 3 is 2.54 bits per heavy atom. The van der Waals surface area contributed by atoms with Crippen molar-refractivity contribution in [1.29, 1.82) is 0 Å². The summed E-state index contributed by atoms with van der Waals surface area (Å²) >= 11 is 1.78. The van der Waals surface area contributed by atoms with Gasteiger partial charge in [-0.05, 0) is 48.4 Å². The van der Waals surface area contributed by atoms with Crippen molar-refractivity contribution >= 4 is 27.3 Å². The molecule has 2 rings (SSSR count). The van der Waals surface area contributed by atoms with E-state index in [1.165, 1.54) is 17.0 Å². The number of rotatable bonds is 8. The third kappa shape index (κ3) is 6.78. The van der Waals surface area contributed by atoms with Crippen LogP contribution < -0.4 is 15.8 Å². The van der Waals surface area contributed by atoms with Gasteiger partial charge in [-0.3, -0.25) is 0 Å². The zero-order valence-corrected chi connectivity index (χ0v) is 16.7. The fraction of sp³-hybridized carbons (Fsp3) is 0.389. The normalized spacial score (nSPS) is 13.4. The lowest BCUT2D eigenvalue weighted by Crippen LogP contribution is -2.39. The predicted molar refractivity (Wildman–Crippen MR) is 108 cm³/mol. The van der Waals surface area contributed by atoms with Crippen molar-refractivity contribution < 1.29 is 8.42 Å². The maximum Gasteiger partial charge on any atom is 0.238 e. The molecule has 0 fully saturated rings. The lowest BCUT2D eigenvalue weighted by atomic mass is 10.1. The number of aliphatic imine (C=N–C) groups is 1. The molecule has 0 saturated heterocycles. The van der Waals surface area contributed by atoms with Crippen LogP contribution in [0.15, 0.2) is 51.7 Å². The Morgan fingerprint density at radius 1 is 1.23 bits per heavy atom. The molecule has 0 aliphatic rings. The molecule has 0 bridgehead atoms. The molecule has 0 aliphatic carbocycles. The third-order valence-electron chi connectivity index (χ3n) is 3.76. The van der Waals surface area contributed by atoms with E-state index in [0.29, 0.717) is 12.5 Å². The van der Waals surface area contributed by atoms with Crippen molar-refractivity contribution in [2.45, 2.75) is 31.7 Å². The van der Waals surface area contributed by atoms with Crippen molar-refractivity contribution in [2.24, 2.45) is 16.0 Å². The molecule has 0 saturated carbocycles. The average molecular weight is 395 g/mol. The summed E-state index contributed by atoms with van der Waals surface area (Å²) in [6, 6.07) is 10.7. The maximum atomic E-state index is 11.3. The molecule has 0 aliphatic heterocycles. The molecule has 0 amide bonds. The number of primary sulfonamides is 1. The van der Waals surface area contributed by atoms with E-state index in [9.17, 15) is 8.42 Å². The molecule has 0 spiro atoms. The molecule has 1 heterocycles. The molecule has 8 heteroatoms. The minimum Gasteiger partial charge on any atom is -0.357 e. The van der Waals surface area contributed by atoms with E-state index in [-0.39, 0.29) is 4.90 Å². The van der Waals surface area contributed by atoms with Gasteiger partial charge < -0.3 is 10.6 Å². The highest BCUT2D eigenvalue weighted by atomic mass is 32.2. The van der Waals surface area contributed by atoms with Crippen LogP contribution in [0, 0.1) is 5.92 Å². The quantitative estimate of drug-likeness (QED) is 0.473. The Kier molecular flexibility index (Phi) is 7.62. The Labute approximate surface area is 159 Å². The molecule has 1 aromatic heterocycles. The number of nitrogens with zero attached hydrogens (tertiary/aromatic N) is 1. The smallest absolute Gasteiger partial charge is 0.238 e. The lowest BCUT2D eigenvalue weighted by Gasteiger charge is -2.15. The van der Waals surface area contributed by atoms with Gasteiger partial charge in [0, 0.05) is 18.0 Å². The SMILES string of the molecule is CCNC(=NCc1ccc(S(N)(=O)=O)cc1)NCC(C)Cc1cccs1. The summed E-state index contributed by atoms with van der Waals surface area (Å²) in [6.45, 7) is 6.29. The summed E-state index contributed by atoms with van der Waals surface area (Å²) < 4.78 is 22.6. The van der Waals surface area contributed by atoms with Gasteiger partial charge in [-0.1, -0.05) is 25.1 Å². The van der Waals surface area contributed by atoms with E-state index in [1.807, 2.05) is 6.92 Å². The summed E-state index contributed by atoms with van der Waals surface area (Å²) in [6.07, 6.45) is 1.04. The zero-order chi connectivity index (χ0) is 19.0. The molecule has 142 valence electrons. The van der Waals surface area contributed by atoms with E-state index >= 15 is 0 Å². The molecule has 4 N–H and O–H groups in total. The van der Waals surface area contributed by atoms with Gasteiger partial charge in [0.15, 0.2) is 5.96 Å². The molecular weight excluding hydrogens is 368 g/mol. The molecule has 6 nitrogen and oxygen atoms in total. The van der Waals surface area contributed by atoms with Crippen LogP contribution in [0.2, 0.25) is 0 Å². The van der Waals surface area contributed by atoms with Crippen LogP contribution in [0.4, 0.5) is 0 Å². The first-order chi connectivity index (χ1) is 12.4. The molecular formula is C18H26N4O2S2. The van der Waals surface area contributed by atoms with Gasteiger partial charge in [-0.25, -0.2) is 18.5 Å². The zero-order valence-electron chi connectivity index (χ0n) is 15.1. The third-order valence-corrected chi connectivity index (χ3v) is 5.59. The minimum atomic E-state index is -3.66. The summed E-state index contributed by atoms with van der Waals surface area (Å²) in [7, 11) is -3.66. The first-order valence-electron chi connectivity index (χ1n) is 8.54. The molecule has 0 radical (unpaired) electrons. The second-order valence-electron chi connectivity index (χ2n) is 6.15. The van der Waals surface area contributed by atoms with Crippen LogP contribution >= 0.6 is 11.3 Å². The highest BCUT2D eigenvalue weighted by Gasteiger charge is 2.08. The van der Waals surface area contributed by atoms with Crippen molar-refractivity contribution in [1.82, 2.24) is 10.6 Å². The predicted octanol–water partition coefficient (Wildman–Crippen LogP) is 2.33. The Hall–Kier alpha value is -1.90. The Balaban J connectivity index is 1.91. The molecule has 2 aromatic rings. The summed E-state index contributed by atoms with van der Waals surface area (Å²) in [5.41, 5.74) is 0.918. The van der Waals surface area contributed by atoms with Crippen LogP contribution in [0.5, 0.6) is 0 Å². The van der Waals surface area contributed by atoms with Crippen LogP contribution in [0.25, 0.3) is 0 Å². The average Bonchev–Trinajstić information content (AvgIpc) is 3.10. The number of benzene rings is 1. The van der Waals surface area contributed by atoms with Gasteiger partial charge >= 0.3 is 0 Å². The number of sulfonamides is 1. The molecule has 26 heavy (non-hydrogen) atoms. The maximum absolute atomic E-state index is 11.3. The fourth-order valence-electron chi connectivity index (χ4n) is 2.41. The van der Waals surface area contributed by atoms with Crippen LogP contribution in [-0.2, 0) is 23.0 Å². The monoisotopic (exact) mass is 394 g/mol. The van der Waals surface area contributed by atoms with Gasteiger partial charge in [0.05, 0.1) is 11.4 Å². The van der Waals surface area contributed by atoms with Gasteiger partial charge in [-0.2, -0.15) is 0 Å². The minimum absolute atomic E-state index is 0.109. The van der Waals surface area contributed by atoms with Gasteiger partial charge in [0.25, 0.3) is 0 Å². The molecule has 1 aromatic carbocycles. The second kappa shape index (κ2) is 9.70. The largest absolute Gasteiger partial charge is 0.357 e. The first-order valence-corrected chi connectivity index (χ1v) is 11.0. The number of thiophene rings is 1. The number of hydrogen-bond donors (Lipinski definition) is 3. The molecule has 1 unspecified atom stereocenters. The standard InChI is InChI=1S/C18H26N4O2S2/c1-3-20-18(21-12-14(2)11-16-5-4-10-25-16)22-13-15-6-8-17(9-7-15)26(19,23)24/h4-10,14H,3,11-13H2,1-2H3,(H2,19,23,24)(H2,20,21,22). The van der Waals surface area contributed by atoms with E-state index in [1.54, 1.807) is 23.5 Å². The Morgan fingerprint density at radius 2 is 1.96 bits per heavy atom. The highest BCUT2D eigenvalue weighted by molar-refractivity contribution is 7.89. The number of hydrogen-bond acceptors (Lipinski definition) is 4. The summed E-state index contributed by atoms with van der Waals surface area (Å²) in [4.78, 5) is 6.06. The second-order valence-corrected chi connectivity index (χ2v) is 8.75. The van der Waals surface area contributed by atoms with Gasteiger partial charge in [0.1, 0.15) is 0 Å². The summed E-state index contributed by atoms with van der Waals surface area (Å²) in [5, 5.41) is 13.8. The summed E-state index contributed by atoms with van der Waals surface area (Å²) in [5.74, 6) is 1.24. The Bertz CT molecular complexity index is 800. The van der Waals surface area contributed by atoms with Crippen LogP contribution in [-0.4, -0.2) is 27.5 Å². The number of guanidine groups is 1. The topological polar surface area (TPSA) is 96.6 Å². The van der Waals surface area contributed by atoms with Crippen molar-refractivity contribution in [3.05, 3.63) is 52.2 Å². The number of nitrogens with one attached hydrogen (secondary N) is 2. The van der Waals surface area contributed by atoms with Crippen molar-refractivity contribution in [3.8, 4) is 0 Å². The van der Waals surface area contributed by atoms with Gasteiger partial charge in [-0.15, -0.1) is 11.3 Å². The van der Waals surface area contributed by atoms with E-state index in [2.05, 4.69) is 40.1 Å². The van der Waals surface area contributed by atoms with E-state index < -0.39 is 10.0 Å². The number of nitrogens with two attached hydrogens (primary N) is 1. The van der Waals surface area contributed by atoms with E-state index in [0.717, 1.165) is 31.0 Å². The van der Waals surface area contributed by atoms with E-state index in [4.69, 9.17) is 5.14 Å². The van der Waals surface area contributed by atoms with Gasteiger partial charge in [0.2, 0.25) is 10.0 Å². The van der Waals surface area contributed by atoms with Crippen molar-refractivity contribution in [3.63, 3.8) is 0 Å².